The predicted octanol–water partition coefficient (Wildman–Crippen LogP) is 1.31. The third kappa shape index (κ3) is 2.00. The molecule has 1 aromatic carbocycles. The Bertz CT molecular complexity index is 948. The maximum absolute atomic E-state index is 8.44. The summed E-state index contributed by atoms with van der Waals surface area (Å²) in [7, 11) is 0. The van der Waals surface area contributed by atoms with E-state index in [9.17, 15) is 0 Å². The zero-order chi connectivity index (χ0) is 18.5. The molecule has 0 spiro atoms. The molecule has 2 aromatic heterocycles. The molecule has 0 aliphatic rings. The molecule has 5 heteroatoms. The lowest BCUT2D eigenvalue weighted by Gasteiger charge is -2.03. The Morgan fingerprint density at radius 1 is 1.56 bits per heavy atom. The normalized spacial score (nSPS) is 17.5. The first-order chi connectivity index (χ1) is 11.7. The van der Waals surface area contributed by atoms with Gasteiger partial charge in [-0.15, -0.1) is 0 Å². The summed E-state index contributed by atoms with van der Waals surface area (Å²) < 4.78 is 58.2. The molecular weight excluding hydrogens is 226 g/mol. The van der Waals surface area contributed by atoms with E-state index in [-0.39, 0.29) is 41.6 Å². The molecule has 0 saturated heterocycles. The number of benzene rings is 1. The van der Waals surface area contributed by atoms with E-state index in [2.05, 4.69) is 10.1 Å². The summed E-state index contributed by atoms with van der Waals surface area (Å²) in [6, 6.07) is -1.29. The monoisotopic (exact) mass is 248 g/mol. The zero-order valence-electron chi connectivity index (χ0n) is 16.4. The fraction of sp³-hybridized carbons (Fsp3) is 0.231. The minimum atomic E-state index is -2.39. The van der Waals surface area contributed by atoms with Crippen LogP contribution in [0.5, 0.6) is 0 Å². The van der Waals surface area contributed by atoms with Crippen molar-refractivity contribution >= 4 is 10.9 Å². The number of nitrogens with zero attached hydrogens (tertiary/aromatic N) is 3. The van der Waals surface area contributed by atoms with Crippen LogP contribution in [0.25, 0.3) is 10.9 Å². The highest BCUT2D eigenvalue weighted by Gasteiger charge is 2.04. The van der Waals surface area contributed by atoms with Crippen molar-refractivity contribution in [2.24, 2.45) is 5.73 Å². The van der Waals surface area contributed by atoms with Crippen molar-refractivity contribution in [3.8, 4) is 0 Å². The van der Waals surface area contributed by atoms with Gasteiger partial charge in [0.1, 0.15) is 12.7 Å². The van der Waals surface area contributed by atoms with Crippen LogP contribution in [0, 0.1) is 0 Å². The highest BCUT2D eigenvalue weighted by atomic mass is 15.3. The van der Waals surface area contributed by atoms with Crippen LogP contribution in [0.2, 0.25) is 1.41 Å². The van der Waals surface area contributed by atoms with E-state index >= 15 is 0 Å². The third-order valence-electron chi connectivity index (χ3n) is 2.44. The average molecular weight is 248 g/mol. The Balaban J connectivity index is 2.45. The number of nitrogens with one attached hydrogen (secondary N) is 1. The van der Waals surface area contributed by atoms with Gasteiger partial charge in [0.05, 0.1) is 14.7 Å². The van der Waals surface area contributed by atoms with E-state index in [0.29, 0.717) is 10.5 Å². The fourth-order valence-electron chi connectivity index (χ4n) is 1.64. The van der Waals surface area contributed by atoms with Gasteiger partial charge in [0.25, 0.3) is 0 Å². The van der Waals surface area contributed by atoms with Crippen LogP contribution < -0.4 is 5.73 Å². The number of fused-ring (bicyclic) bond motifs is 1. The number of H-pyrrole nitrogens is 1. The number of hydrogen-bond donors (Lipinski definition) is 2. The molecule has 18 heavy (non-hydrogen) atoms. The van der Waals surface area contributed by atoms with Gasteiger partial charge in [0.15, 0.2) is 1.41 Å². The van der Waals surface area contributed by atoms with E-state index in [1.54, 1.807) is 0 Å². The molecule has 0 fully saturated rings. The second-order valence-electron chi connectivity index (χ2n) is 3.67. The van der Waals surface area contributed by atoms with Gasteiger partial charge in [-0.25, -0.2) is 9.67 Å². The molecule has 3 aromatic rings. The second-order valence-corrected chi connectivity index (χ2v) is 3.67. The lowest BCUT2D eigenvalue weighted by atomic mass is 10.1. The van der Waals surface area contributed by atoms with Gasteiger partial charge in [-0.1, -0.05) is 6.04 Å². The number of rotatable bonds is 4. The van der Waals surface area contributed by atoms with Gasteiger partial charge < -0.3 is 10.7 Å². The minimum absolute atomic E-state index is 0.0680. The van der Waals surface area contributed by atoms with E-state index in [4.69, 9.17) is 15.4 Å². The van der Waals surface area contributed by atoms with Crippen LogP contribution >= 0.6 is 0 Å². The molecule has 0 aliphatic heterocycles. The average Bonchev–Trinajstić information content (AvgIpc) is 3.17. The number of hydrogen-bond acceptors (Lipinski definition) is 3. The first-order valence-corrected chi connectivity index (χ1v) is 5.42. The van der Waals surface area contributed by atoms with Crippen LogP contribution in [0.15, 0.2) is 37.0 Å². The van der Waals surface area contributed by atoms with E-state index in [0.717, 1.165) is 17.3 Å². The van der Waals surface area contributed by atoms with Gasteiger partial charge >= 0.3 is 0 Å². The third-order valence-corrected chi connectivity index (χ3v) is 2.44. The van der Waals surface area contributed by atoms with Gasteiger partial charge in [-0.3, -0.25) is 0 Å². The van der Waals surface area contributed by atoms with Crippen molar-refractivity contribution in [3.05, 3.63) is 48.1 Å². The number of nitrogens with two attached hydrogens (primary N) is 1. The first kappa shape index (κ1) is 5.67. The predicted molar refractivity (Wildman–Crippen MR) is 70.2 cm³/mol. The summed E-state index contributed by atoms with van der Waals surface area (Å²) in [5.74, 6) is 0. The van der Waals surface area contributed by atoms with E-state index in [1.807, 2.05) is 0 Å². The van der Waals surface area contributed by atoms with Crippen LogP contribution in [0.1, 0.15) is 19.4 Å². The van der Waals surface area contributed by atoms with E-state index < -0.39 is 18.6 Å². The minimum Gasteiger partial charge on any atom is -0.361 e. The number of aromatic nitrogens is 4. The SMILES string of the molecule is [2H]c1c(C([2H])([2H])n2cncn2)c([2H])c2c(CCN)c([2H])n([2H])c2c1[2H]. The fourth-order valence-corrected chi connectivity index (χ4v) is 1.64. The van der Waals surface area contributed by atoms with Crippen molar-refractivity contribution in [2.75, 3.05) is 6.54 Å². The highest BCUT2D eigenvalue weighted by Crippen LogP contribution is 2.20. The molecule has 0 bridgehead atoms. The molecule has 3 rings (SSSR count). The second kappa shape index (κ2) is 4.62. The van der Waals surface area contributed by atoms with Crippen LogP contribution in [-0.4, -0.2) is 26.3 Å². The molecule has 0 atom stereocenters. The molecule has 0 aliphatic carbocycles. The standard InChI is InChI=1S/C13H15N5/c14-4-3-11-6-16-13-2-1-10(5-12(11)13)7-18-9-15-8-17-18/h1-2,5-6,8-9,16H,3-4,7,14H2/i1D,2D,5D,6D,7D2/hD. The van der Waals surface area contributed by atoms with Crippen molar-refractivity contribution in [2.45, 2.75) is 12.9 Å². The molecule has 0 amide bonds. The molecule has 92 valence electrons. The molecular formula is C13H15N5. The highest BCUT2D eigenvalue weighted by molar-refractivity contribution is 5.83. The van der Waals surface area contributed by atoms with E-state index in [1.165, 1.54) is 0 Å². The Kier molecular flexibility index (Phi) is 1.45. The van der Waals surface area contributed by atoms with Gasteiger partial charge in [-0.05, 0) is 36.2 Å². The molecule has 2 heterocycles. The van der Waals surface area contributed by atoms with Gasteiger partial charge in [-0.2, -0.15) is 5.10 Å². The Labute approximate surface area is 115 Å². The maximum Gasteiger partial charge on any atom is 0.166 e. The number of aromatic amines is 1. The first-order valence-electron chi connectivity index (χ1n) is 8.86. The van der Waals surface area contributed by atoms with Crippen molar-refractivity contribution in [1.29, 1.82) is 0 Å². The topological polar surface area (TPSA) is 72.5 Å². The van der Waals surface area contributed by atoms with Crippen LogP contribution in [0.4, 0.5) is 0 Å². The zero-order valence-corrected chi connectivity index (χ0v) is 9.44. The van der Waals surface area contributed by atoms with Crippen molar-refractivity contribution in [3.63, 3.8) is 0 Å². The lowest BCUT2D eigenvalue weighted by Crippen LogP contribution is -2.02. The largest absolute Gasteiger partial charge is 0.361 e. The molecule has 0 radical (unpaired) electrons. The summed E-state index contributed by atoms with van der Waals surface area (Å²) in [6.45, 7) is -2.22. The molecule has 3 N–H and O–H groups in total. The smallest absolute Gasteiger partial charge is 0.166 e. The van der Waals surface area contributed by atoms with Gasteiger partial charge in [0.2, 0.25) is 0 Å². The lowest BCUT2D eigenvalue weighted by molar-refractivity contribution is 0.685. The summed E-state index contributed by atoms with van der Waals surface area (Å²) in [4.78, 5) is 4.37. The van der Waals surface area contributed by atoms with Gasteiger partial charge in [0, 0.05) is 17.1 Å². The maximum atomic E-state index is 8.44. The summed E-state index contributed by atoms with van der Waals surface area (Å²) in [5, 5.41) is 3.84. The summed E-state index contributed by atoms with van der Waals surface area (Å²) in [6.07, 6.45) is 2.24. The van der Waals surface area contributed by atoms with Crippen LogP contribution in [0.3, 0.4) is 0 Å². The Hall–Kier alpha value is -2.14. The quantitative estimate of drug-likeness (QED) is 0.731. The Morgan fingerprint density at radius 3 is 3.28 bits per heavy atom. The summed E-state index contributed by atoms with van der Waals surface area (Å²) >= 11 is 0. The Morgan fingerprint density at radius 2 is 2.50 bits per heavy atom. The molecule has 0 unspecified atom stereocenters. The van der Waals surface area contributed by atoms with Crippen molar-refractivity contribution in [1.82, 2.24) is 19.7 Å². The van der Waals surface area contributed by atoms with Crippen molar-refractivity contribution < 1.29 is 9.64 Å². The molecule has 5 nitrogen and oxygen atoms in total. The summed E-state index contributed by atoms with van der Waals surface area (Å²) in [5.41, 5.74) is 5.42. The molecule has 0 saturated carbocycles. The van der Waals surface area contributed by atoms with Crippen LogP contribution in [-0.2, 0) is 12.9 Å².